The first-order chi connectivity index (χ1) is 13.6. The lowest BCUT2D eigenvalue weighted by Crippen LogP contribution is -2.43. The molecule has 3 aromatic rings. The van der Waals surface area contributed by atoms with E-state index in [-0.39, 0.29) is 11.7 Å². The maximum atomic E-state index is 13.0. The number of ether oxygens (including phenoxy) is 1. The number of ketones is 1. The van der Waals surface area contributed by atoms with Crippen molar-refractivity contribution in [2.45, 2.75) is 31.3 Å². The van der Waals surface area contributed by atoms with Crippen molar-refractivity contribution in [3.63, 3.8) is 0 Å². The summed E-state index contributed by atoms with van der Waals surface area (Å²) in [6.07, 6.45) is 5.75. The molecule has 142 valence electrons. The second-order valence-corrected chi connectivity index (χ2v) is 7.51. The molecule has 1 amide bonds. The number of fused-ring (bicyclic) bond motifs is 2. The Morgan fingerprint density at radius 2 is 2.00 bits per heavy atom. The third-order valence-corrected chi connectivity index (χ3v) is 5.70. The molecular weight excluding hydrogens is 356 g/mol. The van der Waals surface area contributed by atoms with E-state index < -0.39 is 5.60 Å². The summed E-state index contributed by atoms with van der Waals surface area (Å²) in [5.74, 6) is 0.755. The van der Waals surface area contributed by atoms with E-state index in [0.717, 1.165) is 12.8 Å². The number of likely N-dealkylation sites (tertiary alicyclic amines) is 1. The minimum absolute atomic E-state index is 0.0306. The Bertz CT molecular complexity index is 1080. The molecule has 1 saturated heterocycles. The summed E-state index contributed by atoms with van der Waals surface area (Å²) in [6, 6.07) is 11.0. The third-order valence-electron chi connectivity index (χ3n) is 5.70. The SMILES string of the molecule is O=C1CC2(CCCN(C(=O)c3ccc4ncnn4c3)CC2)Oc2ccccc21. The Balaban J connectivity index is 1.35. The Kier molecular flexibility index (Phi) is 3.89. The molecular formula is C21H20N4O3. The van der Waals surface area contributed by atoms with Crippen LogP contribution in [0.2, 0.25) is 0 Å². The van der Waals surface area contributed by atoms with Crippen LogP contribution in [0.3, 0.4) is 0 Å². The number of pyridine rings is 1. The van der Waals surface area contributed by atoms with Gasteiger partial charge in [0.05, 0.1) is 17.5 Å². The number of rotatable bonds is 1. The van der Waals surface area contributed by atoms with Crippen molar-refractivity contribution in [2.24, 2.45) is 0 Å². The first-order valence-corrected chi connectivity index (χ1v) is 9.54. The van der Waals surface area contributed by atoms with Crippen LogP contribution in [-0.2, 0) is 0 Å². The van der Waals surface area contributed by atoms with Crippen molar-refractivity contribution >= 4 is 17.3 Å². The Morgan fingerprint density at radius 1 is 1.11 bits per heavy atom. The normalized spacial score (nSPS) is 22.0. The van der Waals surface area contributed by atoms with Gasteiger partial charge < -0.3 is 9.64 Å². The number of benzene rings is 1. The van der Waals surface area contributed by atoms with E-state index in [0.29, 0.717) is 48.5 Å². The molecule has 0 saturated carbocycles. The molecule has 0 N–H and O–H groups in total. The number of nitrogens with zero attached hydrogens (tertiary/aromatic N) is 4. The predicted molar refractivity (Wildman–Crippen MR) is 101 cm³/mol. The second-order valence-electron chi connectivity index (χ2n) is 7.51. The molecule has 1 unspecified atom stereocenters. The van der Waals surface area contributed by atoms with E-state index in [2.05, 4.69) is 10.1 Å². The van der Waals surface area contributed by atoms with Crippen molar-refractivity contribution < 1.29 is 14.3 Å². The molecule has 28 heavy (non-hydrogen) atoms. The fraction of sp³-hybridized carbons (Fsp3) is 0.333. The van der Waals surface area contributed by atoms with Crippen molar-refractivity contribution in [1.29, 1.82) is 0 Å². The number of hydrogen-bond donors (Lipinski definition) is 0. The summed E-state index contributed by atoms with van der Waals surface area (Å²) in [4.78, 5) is 31.6. The molecule has 2 aliphatic rings. The van der Waals surface area contributed by atoms with Gasteiger partial charge in [-0.3, -0.25) is 9.59 Å². The number of para-hydroxylation sites is 1. The van der Waals surface area contributed by atoms with Gasteiger partial charge in [0.15, 0.2) is 11.4 Å². The fourth-order valence-electron chi connectivity index (χ4n) is 4.22. The van der Waals surface area contributed by atoms with E-state index in [1.54, 1.807) is 22.8 Å². The van der Waals surface area contributed by atoms with Gasteiger partial charge in [0.2, 0.25) is 0 Å². The Labute approximate surface area is 161 Å². The van der Waals surface area contributed by atoms with Gasteiger partial charge in [-0.05, 0) is 37.1 Å². The van der Waals surface area contributed by atoms with Crippen molar-refractivity contribution in [3.8, 4) is 5.75 Å². The van der Waals surface area contributed by atoms with E-state index in [1.807, 2.05) is 29.2 Å². The molecule has 1 aromatic carbocycles. The van der Waals surface area contributed by atoms with Crippen LogP contribution in [0, 0.1) is 0 Å². The average Bonchev–Trinajstić information content (AvgIpc) is 3.09. The van der Waals surface area contributed by atoms with Crippen LogP contribution in [0.5, 0.6) is 5.75 Å². The lowest BCUT2D eigenvalue weighted by Gasteiger charge is -2.37. The molecule has 2 aromatic heterocycles. The van der Waals surface area contributed by atoms with Crippen LogP contribution in [0.4, 0.5) is 0 Å². The maximum absolute atomic E-state index is 13.0. The minimum atomic E-state index is -0.518. The molecule has 1 spiro atoms. The summed E-state index contributed by atoms with van der Waals surface area (Å²) in [6.45, 7) is 1.21. The van der Waals surface area contributed by atoms with Gasteiger partial charge in [0, 0.05) is 25.7 Å². The number of amides is 1. The summed E-state index contributed by atoms with van der Waals surface area (Å²) in [7, 11) is 0. The summed E-state index contributed by atoms with van der Waals surface area (Å²) >= 11 is 0. The van der Waals surface area contributed by atoms with Crippen LogP contribution < -0.4 is 4.74 Å². The lowest BCUT2D eigenvalue weighted by molar-refractivity contribution is 0.0300. The standard InChI is InChI=1S/C21H20N4O3/c26-17-12-21(28-18-5-2-1-4-16(17)18)8-3-10-24(11-9-21)20(27)15-6-7-19-22-14-23-25(19)13-15/h1-2,4-7,13-14H,3,8-12H2. The average molecular weight is 376 g/mol. The topological polar surface area (TPSA) is 76.8 Å². The van der Waals surface area contributed by atoms with Gasteiger partial charge in [0.1, 0.15) is 17.7 Å². The quantitative estimate of drug-likeness (QED) is 0.653. The number of Topliss-reactive ketones (excluding diaryl/α,β-unsaturated/α-hetero) is 1. The summed E-state index contributed by atoms with van der Waals surface area (Å²) < 4.78 is 7.91. The molecule has 7 nitrogen and oxygen atoms in total. The van der Waals surface area contributed by atoms with E-state index in [4.69, 9.17) is 4.74 Å². The van der Waals surface area contributed by atoms with E-state index in [9.17, 15) is 9.59 Å². The smallest absolute Gasteiger partial charge is 0.255 e. The zero-order valence-corrected chi connectivity index (χ0v) is 15.4. The molecule has 5 rings (SSSR count). The monoisotopic (exact) mass is 376 g/mol. The lowest BCUT2D eigenvalue weighted by atomic mass is 9.84. The zero-order valence-electron chi connectivity index (χ0n) is 15.4. The van der Waals surface area contributed by atoms with Gasteiger partial charge in [0.25, 0.3) is 5.91 Å². The first-order valence-electron chi connectivity index (χ1n) is 9.54. The van der Waals surface area contributed by atoms with Crippen LogP contribution in [0.15, 0.2) is 48.9 Å². The molecule has 2 aliphatic heterocycles. The van der Waals surface area contributed by atoms with Crippen molar-refractivity contribution in [2.75, 3.05) is 13.1 Å². The Hall–Kier alpha value is -3.22. The molecule has 0 aliphatic carbocycles. The maximum Gasteiger partial charge on any atom is 0.255 e. The van der Waals surface area contributed by atoms with Crippen LogP contribution in [0.25, 0.3) is 5.65 Å². The number of carbonyl (C=O) groups excluding carboxylic acids is 2. The highest BCUT2D eigenvalue weighted by Crippen LogP contribution is 2.39. The van der Waals surface area contributed by atoms with Gasteiger partial charge in [-0.2, -0.15) is 5.10 Å². The van der Waals surface area contributed by atoms with Crippen molar-refractivity contribution in [1.82, 2.24) is 19.5 Å². The van der Waals surface area contributed by atoms with Crippen LogP contribution in [0.1, 0.15) is 46.4 Å². The van der Waals surface area contributed by atoms with Gasteiger partial charge in [-0.15, -0.1) is 0 Å². The van der Waals surface area contributed by atoms with E-state index >= 15 is 0 Å². The molecule has 4 heterocycles. The van der Waals surface area contributed by atoms with Gasteiger partial charge in [-0.25, -0.2) is 9.50 Å². The summed E-state index contributed by atoms with van der Waals surface area (Å²) in [5.41, 5.74) is 1.43. The minimum Gasteiger partial charge on any atom is -0.486 e. The fourth-order valence-corrected chi connectivity index (χ4v) is 4.22. The van der Waals surface area contributed by atoms with Gasteiger partial charge >= 0.3 is 0 Å². The van der Waals surface area contributed by atoms with Crippen molar-refractivity contribution in [3.05, 3.63) is 60.0 Å². The predicted octanol–water partition coefficient (Wildman–Crippen LogP) is 2.76. The number of hydrogen-bond acceptors (Lipinski definition) is 5. The molecule has 7 heteroatoms. The van der Waals surface area contributed by atoms with Gasteiger partial charge in [-0.1, -0.05) is 12.1 Å². The first kappa shape index (κ1) is 16.9. The molecule has 1 atom stereocenters. The van der Waals surface area contributed by atoms with Crippen LogP contribution >= 0.6 is 0 Å². The van der Waals surface area contributed by atoms with Crippen LogP contribution in [-0.4, -0.2) is 49.9 Å². The number of carbonyl (C=O) groups is 2. The largest absolute Gasteiger partial charge is 0.486 e. The summed E-state index contributed by atoms with van der Waals surface area (Å²) in [5, 5.41) is 4.10. The van der Waals surface area contributed by atoms with E-state index in [1.165, 1.54) is 6.33 Å². The highest BCUT2D eigenvalue weighted by Gasteiger charge is 2.42. The molecule has 0 bridgehead atoms. The number of aromatic nitrogens is 3. The third kappa shape index (κ3) is 2.83. The second kappa shape index (κ2) is 6.44. The Morgan fingerprint density at radius 3 is 2.93 bits per heavy atom. The molecule has 0 radical (unpaired) electrons. The zero-order chi connectivity index (χ0) is 19.1. The molecule has 1 fully saturated rings. The highest BCUT2D eigenvalue weighted by atomic mass is 16.5. The highest BCUT2D eigenvalue weighted by molar-refractivity contribution is 6.00.